The van der Waals surface area contributed by atoms with Crippen LogP contribution in [-0.2, 0) is 16.0 Å². The molecule has 2 unspecified atom stereocenters. The third-order valence-electron chi connectivity index (χ3n) is 7.25. The SMILES string of the molecule is CC1C=CC=CC1[C@@H]1[C@@H](C(=O)O)[C@@H](O)[C@@]2(O)c3ncc(Cl)cc3O[C@@]12c1ccc(C#N)cc1. The van der Waals surface area contributed by atoms with Gasteiger partial charge in [0.1, 0.15) is 17.5 Å². The third-order valence-corrected chi connectivity index (χ3v) is 7.46. The van der Waals surface area contributed by atoms with E-state index < -0.39 is 35.1 Å². The summed E-state index contributed by atoms with van der Waals surface area (Å²) in [6.45, 7) is 1.96. The van der Waals surface area contributed by atoms with Gasteiger partial charge in [-0.2, -0.15) is 5.26 Å². The monoisotopic (exact) mass is 464 g/mol. The first kappa shape index (κ1) is 21.7. The third kappa shape index (κ3) is 2.75. The van der Waals surface area contributed by atoms with Crippen LogP contribution in [0.1, 0.15) is 23.7 Å². The van der Waals surface area contributed by atoms with Crippen LogP contribution in [0, 0.1) is 35.0 Å². The summed E-state index contributed by atoms with van der Waals surface area (Å²) >= 11 is 6.14. The second kappa shape index (κ2) is 7.42. The van der Waals surface area contributed by atoms with E-state index in [9.17, 15) is 25.4 Å². The molecule has 2 heterocycles. The van der Waals surface area contributed by atoms with Crippen molar-refractivity contribution in [2.24, 2.45) is 23.7 Å². The molecule has 8 heteroatoms. The van der Waals surface area contributed by atoms with Crippen molar-refractivity contribution in [3.8, 4) is 11.8 Å². The summed E-state index contributed by atoms with van der Waals surface area (Å²) in [4.78, 5) is 16.8. The fourth-order valence-electron chi connectivity index (χ4n) is 5.85. The molecule has 1 aromatic heterocycles. The zero-order chi connectivity index (χ0) is 23.5. The van der Waals surface area contributed by atoms with Gasteiger partial charge in [0.05, 0.1) is 22.6 Å². The lowest BCUT2D eigenvalue weighted by atomic mass is 9.65. The van der Waals surface area contributed by atoms with Crippen molar-refractivity contribution in [3.63, 3.8) is 0 Å². The molecule has 3 aliphatic rings. The average molecular weight is 465 g/mol. The summed E-state index contributed by atoms with van der Waals surface area (Å²) in [5, 5.41) is 43.4. The second-order valence-corrected chi connectivity index (χ2v) is 9.27. The van der Waals surface area contributed by atoms with Gasteiger partial charge in [-0.1, -0.05) is 55.0 Å². The predicted molar refractivity (Wildman–Crippen MR) is 118 cm³/mol. The van der Waals surface area contributed by atoms with Crippen LogP contribution in [0.3, 0.4) is 0 Å². The van der Waals surface area contributed by atoms with E-state index in [0.717, 1.165) is 0 Å². The molecule has 0 radical (unpaired) electrons. The van der Waals surface area contributed by atoms with Gasteiger partial charge in [0.15, 0.2) is 11.2 Å². The van der Waals surface area contributed by atoms with Crippen LogP contribution in [0.2, 0.25) is 5.02 Å². The highest BCUT2D eigenvalue weighted by molar-refractivity contribution is 6.30. The Morgan fingerprint density at radius 1 is 1.24 bits per heavy atom. The molecule has 0 saturated heterocycles. The first-order chi connectivity index (χ1) is 15.8. The number of aliphatic hydroxyl groups excluding tert-OH is 1. The van der Waals surface area contributed by atoms with E-state index in [1.807, 2.05) is 31.2 Å². The van der Waals surface area contributed by atoms with Crippen LogP contribution in [0.4, 0.5) is 0 Å². The van der Waals surface area contributed by atoms with E-state index in [1.54, 1.807) is 24.3 Å². The van der Waals surface area contributed by atoms with Crippen molar-refractivity contribution in [2.75, 3.05) is 0 Å². The minimum Gasteiger partial charge on any atom is -0.481 e. The number of nitriles is 1. The second-order valence-electron chi connectivity index (χ2n) is 8.83. The molecule has 33 heavy (non-hydrogen) atoms. The Balaban J connectivity index is 1.83. The first-order valence-electron chi connectivity index (χ1n) is 10.6. The maximum absolute atomic E-state index is 12.5. The molecule has 1 saturated carbocycles. The number of carboxylic acids is 1. The largest absolute Gasteiger partial charge is 0.481 e. The Bertz CT molecular complexity index is 1240. The Morgan fingerprint density at radius 3 is 2.58 bits per heavy atom. The lowest BCUT2D eigenvalue weighted by Crippen LogP contribution is -2.54. The maximum atomic E-state index is 12.5. The topological polar surface area (TPSA) is 124 Å². The molecule has 168 valence electrons. The van der Waals surface area contributed by atoms with Gasteiger partial charge in [-0.3, -0.25) is 9.78 Å². The number of aliphatic carboxylic acids is 1. The number of hydrogen-bond acceptors (Lipinski definition) is 6. The van der Waals surface area contributed by atoms with Gasteiger partial charge in [0, 0.05) is 18.2 Å². The standard InChI is InChI=1S/C25H21ClN2O5/c1-13-4-2-3-5-17(13)20-19(23(30)31)22(29)24(32)21-18(10-16(26)12-28-21)33-25(20,24)15-8-6-14(11-27)7-9-15/h2-10,12-13,17,19-20,22,29,32H,1H3,(H,30,31)/t13?,17?,19-,20-,22-,24+,25+/m1/s1. The van der Waals surface area contributed by atoms with E-state index in [0.29, 0.717) is 11.1 Å². The molecule has 0 spiro atoms. The Hall–Kier alpha value is -3.18. The molecule has 7 nitrogen and oxygen atoms in total. The van der Waals surface area contributed by atoms with Crippen LogP contribution < -0.4 is 4.74 Å². The summed E-state index contributed by atoms with van der Waals surface area (Å²) in [6.07, 6.45) is 7.18. The van der Waals surface area contributed by atoms with Gasteiger partial charge < -0.3 is 20.1 Å². The number of benzene rings is 1. The molecule has 0 bridgehead atoms. The minimum atomic E-state index is -2.16. The van der Waals surface area contributed by atoms with Crippen molar-refractivity contribution in [1.82, 2.24) is 4.98 Å². The van der Waals surface area contributed by atoms with Gasteiger partial charge in [-0.25, -0.2) is 0 Å². The zero-order valence-corrected chi connectivity index (χ0v) is 18.3. The molecule has 7 atom stereocenters. The number of fused-ring (bicyclic) bond motifs is 3. The summed E-state index contributed by atoms with van der Waals surface area (Å²) in [7, 11) is 0. The minimum absolute atomic E-state index is 0.0421. The number of carboxylic acid groups (broad SMARTS) is 1. The Labute approximate surface area is 195 Å². The number of carbonyl (C=O) groups is 1. The molecule has 0 amide bonds. The molecule has 3 N–H and O–H groups in total. The van der Waals surface area contributed by atoms with E-state index in [1.165, 1.54) is 12.3 Å². The van der Waals surface area contributed by atoms with Gasteiger partial charge >= 0.3 is 5.97 Å². The number of halogens is 1. The number of hydrogen-bond donors (Lipinski definition) is 3. The number of ether oxygens (including phenoxy) is 1. The normalized spacial score (nSPS) is 36.0. The molecule has 2 aromatic rings. The molecule has 2 aliphatic carbocycles. The van der Waals surface area contributed by atoms with E-state index >= 15 is 0 Å². The highest BCUT2D eigenvalue weighted by atomic mass is 35.5. The van der Waals surface area contributed by atoms with Gasteiger partial charge in [-0.15, -0.1) is 0 Å². The highest BCUT2D eigenvalue weighted by Crippen LogP contribution is 2.67. The quantitative estimate of drug-likeness (QED) is 0.637. The summed E-state index contributed by atoms with van der Waals surface area (Å²) in [6, 6.07) is 9.98. The van der Waals surface area contributed by atoms with Gasteiger partial charge in [0.2, 0.25) is 0 Å². The Kier molecular flexibility index (Phi) is 4.87. The van der Waals surface area contributed by atoms with E-state index in [-0.39, 0.29) is 28.3 Å². The number of nitrogens with zero attached hydrogens (tertiary/aromatic N) is 2. The fraction of sp³-hybridized carbons (Fsp3) is 0.320. The summed E-state index contributed by atoms with van der Waals surface area (Å²) in [5.74, 6) is -3.73. The van der Waals surface area contributed by atoms with Crippen molar-refractivity contribution in [3.05, 3.63) is 82.7 Å². The molecular weight excluding hydrogens is 444 g/mol. The van der Waals surface area contributed by atoms with Crippen molar-refractivity contribution < 1.29 is 24.9 Å². The fourth-order valence-corrected chi connectivity index (χ4v) is 6.00. The molecule has 1 aliphatic heterocycles. The zero-order valence-electron chi connectivity index (χ0n) is 17.6. The number of aromatic nitrogens is 1. The molecule has 5 rings (SSSR count). The van der Waals surface area contributed by atoms with Crippen LogP contribution in [-0.4, -0.2) is 32.4 Å². The van der Waals surface area contributed by atoms with Crippen molar-refractivity contribution in [2.45, 2.75) is 24.2 Å². The lowest BCUT2D eigenvalue weighted by Gasteiger charge is -2.43. The number of rotatable bonds is 3. The number of allylic oxidation sites excluding steroid dienone is 4. The summed E-state index contributed by atoms with van der Waals surface area (Å²) < 4.78 is 6.47. The highest BCUT2D eigenvalue weighted by Gasteiger charge is 2.79. The average Bonchev–Trinajstić information content (AvgIpc) is 3.17. The number of aliphatic hydroxyl groups is 2. The van der Waals surface area contributed by atoms with Crippen LogP contribution in [0.15, 0.2) is 60.8 Å². The van der Waals surface area contributed by atoms with Crippen molar-refractivity contribution >= 4 is 17.6 Å². The lowest BCUT2D eigenvalue weighted by molar-refractivity contribution is -0.164. The van der Waals surface area contributed by atoms with Crippen LogP contribution >= 0.6 is 11.6 Å². The Morgan fingerprint density at radius 2 is 1.94 bits per heavy atom. The van der Waals surface area contributed by atoms with E-state index in [4.69, 9.17) is 16.3 Å². The van der Waals surface area contributed by atoms with Gasteiger partial charge in [-0.05, 0) is 29.5 Å². The van der Waals surface area contributed by atoms with E-state index in [2.05, 4.69) is 11.1 Å². The van der Waals surface area contributed by atoms with Gasteiger partial charge in [0.25, 0.3) is 0 Å². The molecular formula is C25H21ClN2O5. The van der Waals surface area contributed by atoms with Crippen molar-refractivity contribution in [1.29, 1.82) is 5.26 Å². The van der Waals surface area contributed by atoms with Crippen LogP contribution in [0.5, 0.6) is 5.75 Å². The predicted octanol–water partition coefficient (Wildman–Crippen LogP) is 3.15. The number of pyridine rings is 1. The van der Waals surface area contributed by atoms with Crippen LogP contribution in [0.25, 0.3) is 0 Å². The summed E-state index contributed by atoms with van der Waals surface area (Å²) in [5.41, 5.74) is -2.96. The molecule has 1 aromatic carbocycles. The smallest absolute Gasteiger partial charge is 0.309 e. The molecule has 1 fully saturated rings. The maximum Gasteiger partial charge on any atom is 0.309 e. The first-order valence-corrected chi connectivity index (χ1v) is 11.0.